The largest absolute Gasteiger partial charge is 0.467 e. The molecule has 0 radical (unpaired) electrons. The van der Waals surface area contributed by atoms with Crippen LogP contribution in [0.1, 0.15) is 5.56 Å². The normalized spacial score (nSPS) is 9.94. The molecule has 2 aromatic rings. The second kappa shape index (κ2) is 5.31. The van der Waals surface area contributed by atoms with E-state index in [1.54, 1.807) is 0 Å². The van der Waals surface area contributed by atoms with Gasteiger partial charge in [-0.05, 0) is 18.6 Å². The minimum absolute atomic E-state index is 0.206. The molecule has 0 atom stereocenters. The first-order valence-corrected chi connectivity index (χ1v) is 5.39. The number of ether oxygens (including phenoxy) is 2. The maximum Gasteiger partial charge on any atom is 0.324 e. The van der Waals surface area contributed by atoms with Crippen LogP contribution < -0.4 is 14.8 Å². The molecular formula is C12H14N4O2. The maximum absolute atomic E-state index is 4.98. The number of anilines is 2. The van der Waals surface area contributed by atoms with Crippen LogP contribution in [0, 0.1) is 6.92 Å². The Labute approximate surface area is 105 Å². The van der Waals surface area contributed by atoms with Gasteiger partial charge in [-0.1, -0.05) is 18.2 Å². The summed E-state index contributed by atoms with van der Waals surface area (Å²) >= 11 is 0. The predicted octanol–water partition coefficient (Wildman–Crippen LogP) is 1.94. The molecule has 0 amide bonds. The van der Waals surface area contributed by atoms with Crippen molar-refractivity contribution in [2.75, 3.05) is 19.5 Å². The molecule has 0 saturated heterocycles. The van der Waals surface area contributed by atoms with Gasteiger partial charge in [0.15, 0.2) is 0 Å². The van der Waals surface area contributed by atoms with Crippen LogP contribution >= 0.6 is 0 Å². The van der Waals surface area contributed by atoms with Crippen molar-refractivity contribution in [2.45, 2.75) is 6.92 Å². The van der Waals surface area contributed by atoms with Gasteiger partial charge < -0.3 is 14.8 Å². The lowest BCUT2D eigenvalue weighted by molar-refractivity contribution is 0.341. The Morgan fingerprint density at radius 1 is 0.944 bits per heavy atom. The Morgan fingerprint density at radius 2 is 1.56 bits per heavy atom. The molecule has 0 bridgehead atoms. The standard InChI is InChI=1S/C12H14N4O2/c1-8-6-4-5-7-9(8)13-10-14-11(17-2)16-12(15-10)18-3/h4-7H,1-3H3,(H,13,14,15,16). The van der Waals surface area contributed by atoms with Gasteiger partial charge in [-0.2, -0.15) is 9.97 Å². The first-order chi connectivity index (χ1) is 8.72. The molecule has 2 rings (SSSR count). The summed E-state index contributed by atoms with van der Waals surface area (Å²) in [5, 5.41) is 3.10. The highest BCUT2D eigenvalue weighted by Gasteiger charge is 2.07. The van der Waals surface area contributed by atoms with Crippen molar-refractivity contribution in [2.24, 2.45) is 0 Å². The van der Waals surface area contributed by atoms with Crippen LogP contribution in [0.5, 0.6) is 12.0 Å². The second-order valence-corrected chi connectivity index (χ2v) is 3.57. The molecule has 0 spiro atoms. The van der Waals surface area contributed by atoms with Gasteiger partial charge in [0.05, 0.1) is 14.2 Å². The van der Waals surface area contributed by atoms with Gasteiger partial charge in [-0.15, -0.1) is 4.98 Å². The molecule has 1 heterocycles. The van der Waals surface area contributed by atoms with Crippen molar-refractivity contribution in [3.05, 3.63) is 29.8 Å². The Balaban J connectivity index is 2.31. The van der Waals surface area contributed by atoms with Crippen LogP contribution in [-0.4, -0.2) is 29.2 Å². The van der Waals surface area contributed by atoms with Crippen LogP contribution in [0.15, 0.2) is 24.3 Å². The molecule has 0 unspecified atom stereocenters. The summed E-state index contributed by atoms with van der Waals surface area (Å²) in [4.78, 5) is 12.1. The molecule has 1 aromatic heterocycles. The Hall–Kier alpha value is -2.37. The fraction of sp³-hybridized carbons (Fsp3) is 0.250. The van der Waals surface area contributed by atoms with E-state index in [0.717, 1.165) is 11.3 Å². The third-order valence-electron chi connectivity index (χ3n) is 2.35. The quantitative estimate of drug-likeness (QED) is 0.889. The third-order valence-corrected chi connectivity index (χ3v) is 2.35. The molecule has 0 saturated carbocycles. The average Bonchev–Trinajstić information content (AvgIpc) is 2.41. The zero-order valence-corrected chi connectivity index (χ0v) is 10.5. The SMILES string of the molecule is COc1nc(Nc2ccccc2C)nc(OC)n1. The summed E-state index contributed by atoms with van der Waals surface area (Å²) in [6.45, 7) is 2.00. The van der Waals surface area contributed by atoms with E-state index in [9.17, 15) is 0 Å². The van der Waals surface area contributed by atoms with Gasteiger partial charge in [0.1, 0.15) is 0 Å². The van der Waals surface area contributed by atoms with Crippen LogP contribution in [0.4, 0.5) is 11.6 Å². The molecule has 1 aromatic carbocycles. The molecule has 6 nitrogen and oxygen atoms in total. The minimum atomic E-state index is 0.206. The van der Waals surface area contributed by atoms with Crippen LogP contribution in [0.2, 0.25) is 0 Å². The number of methoxy groups -OCH3 is 2. The molecule has 1 N–H and O–H groups in total. The van der Waals surface area contributed by atoms with Crippen molar-refractivity contribution in [3.8, 4) is 12.0 Å². The topological polar surface area (TPSA) is 69.2 Å². The third kappa shape index (κ3) is 2.65. The van der Waals surface area contributed by atoms with Crippen molar-refractivity contribution in [1.82, 2.24) is 15.0 Å². The Bertz CT molecular complexity index is 523. The van der Waals surface area contributed by atoms with Crippen molar-refractivity contribution in [3.63, 3.8) is 0 Å². The number of nitrogens with one attached hydrogen (secondary N) is 1. The van der Waals surface area contributed by atoms with Crippen molar-refractivity contribution in [1.29, 1.82) is 0 Å². The van der Waals surface area contributed by atoms with Gasteiger partial charge in [-0.25, -0.2) is 0 Å². The number of hydrogen-bond donors (Lipinski definition) is 1. The fourth-order valence-electron chi connectivity index (χ4n) is 1.41. The molecule has 18 heavy (non-hydrogen) atoms. The maximum atomic E-state index is 4.98. The van der Waals surface area contributed by atoms with Crippen LogP contribution in [0.25, 0.3) is 0 Å². The summed E-state index contributed by atoms with van der Waals surface area (Å²) in [6, 6.07) is 8.26. The van der Waals surface area contributed by atoms with E-state index in [4.69, 9.17) is 9.47 Å². The summed E-state index contributed by atoms with van der Waals surface area (Å²) in [6.07, 6.45) is 0. The average molecular weight is 246 g/mol. The summed E-state index contributed by atoms with van der Waals surface area (Å²) in [5.74, 6) is 0.382. The summed E-state index contributed by atoms with van der Waals surface area (Å²) in [5.41, 5.74) is 2.02. The first kappa shape index (κ1) is 12.1. The molecule has 6 heteroatoms. The highest BCUT2D eigenvalue weighted by molar-refractivity contribution is 5.58. The second-order valence-electron chi connectivity index (χ2n) is 3.57. The van der Waals surface area contributed by atoms with Gasteiger partial charge in [0.2, 0.25) is 5.95 Å². The van der Waals surface area contributed by atoms with E-state index in [1.807, 2.05) is 31.2 Å². The lowest BCUT2D eigenvalue weighted by atomic mass is 10.2. The number of aromatic nitrogens is 3. The van der Waals surface area contributed by atoms with Crippen LogP contribution in [-0.2, 0) is 0 Å². The van der Waals surface area contributed by atoms with Gasteiger partial charge in [-0.3, -0.25) is 0 Å². The molecule has 94 valence electrons. The minimum Gasteiger partial charge on any atom is -0.467 e. The van der Waals surface area contributed by atoms with Crippen molar-refractivity contribution < 1.29 is 9.47 Å². The van der Waals surface area contributed by atoms with E-state index < -0.39 is 0 Å². The molecule has 0 aliphatic carbocycles. The number of nitrogens with zero attached hydrogens (tertiary/aromatic N) is 3. The summed E-state index contributed by atoms with van der Waals surface area (Å²) in [7, 11) is 2.98. The first-order valence-electron chi connectivity index (χ1n) is 5.39. The zero-order chi connectivity index (χ0) is 13.0. The molecule has 0 aliphatic heterocycles. The van der Waals surface area contributed by atoms with E-state index in [0.29, 0.717) is 5.95 Å². The van der Waals surface area contributed by atoms with Crippen LogP contribution in [0.3, 0.4) is 0 Å². The number of aryl methyl sites for hydroxylation is 1. The van der Waals surface area contributed by atoms with E-state index in [1.165, 1.54) is 14.2 Å². The highest BCUT2D eigenvalue weighted by Crippen LogP contribution is 2.19. The Kier molecular flexibility index (Phi) is 3.57. The summed E-state index contributed by atoms with van der Waals surface area (Å²) < 4.78 is 9.97. The van der Waals surface area contributed by atoms with E-state index in [2.05, 4.69) is 20.3 Å². The lowest BCUT2D eigenvalue weighted by Gasteiger charge is -2.09. The molecule has 0 fully saturated rings. The fourth-order valence-corrected chi connectivity index (χ4v) is 1.41. The zero-order valence-electron chi connectivity index (χ0n) is 10.5. The van der Waals surface area contributed by atoms with Gasteiger partial charge >= 0.3 is 12.0 Å². The molecular weight excluding hydrogens is 232 g/mol. The highest BCUT2D eigenvalue weighted by atomic mass is 16.5. The number of para-hydroxylation sites is 1. The van der Waals surface area contributed by atoms with E-state index in [-0.39, 0.29) is 12.0 Å². The Morgan fingerprint density at radius 3 is 2.11 bits per heavy atom. The number of rotatable bonds is 4. The van der Waals surface area contributed by atoms with E-state index >= 15 is 0 Å². The van der Waals surface area contributed by atoms with Gasteiger partial charge in [0.25, 0.3) is 0 Å². The molecule has 0 aliphatic rings. The van der Waals surface area contributed by atoms with Gasteiger partial charge in [0, 0.05) is 5.69 Å². The monoisotopic (exact) mass is 246 g/mol. The lowest BCUT2D eigenvalue weighted by Crippen LogP contribution is -2.04. The smallest absolute Gasteiger partial charge is 0.324 e. The van der Waals surface area contributed by atoms with Crippen molar-refractivity contribution >= 4 is 11.6 Å². The number of hydrogen-bond acceptors (Lipinski definition) is 6. The predicted molar refractivity (Wildman–Crippen MR) is 67.4 cm³/mol. The number of benzene rings is 1.